The molecule has 0 unspecified atom stereocenters. The average molecular weight is 269 g/mol. The lowest BCUT2D eigenvalue weighted by atomic mass is 9.97. The average Bonchev–Trinajstić information content (AvgIpc) is 2.82. The summed E-state index contributed by atoms with van der Waals surface area (Å²) in [5.41, 5.74) is 9.06. The van der Waals surface area contributed by atoms with Crippen LogP contribution in [-0.4, -0.2) is 10.1 Å². The summed E-state index contributed by atoms with van der Waals surface area (Å²) in [5.74, 6) is -0.291. The number of pyridine rings is 1. The largest absolute Gasteiger partial charge is 0.367 e. The summed E-state index contributed by atoms with van der Waals surface area (Å²) >= 11 is 0. The number of aromatic nitrogens is 2. The molecule has 0 radical (unpaired) electrons. The molecule has 3 aromatic rings. The molecule has 5 heteroatoms. The van der Waals surface area contributed by atoms with Gasteiger partial charge in [-0.3, -0.25) is 4.98 Å². The first-order valence-electron chi connectivity index (χ1n) is 6.09. The number of hydrogen-bond acceptors (Lipinski definition) is 4. The van der Waals surface area contributed by atoms with Gasteiger partial charge in [0, 0.05) is 11.8 Å². The normalized spacial score (nSPS) is 10.7. The second-order valence-electron chi connectivity index (χ2n) is 4.44. The number of nitrogens with two attached hydrogens (primary N) is 1. The van der Waals surface area contributed by atoms with E-state index in [-0.39, 0.29) is 5.88 Å². The molecule has 2 aromatic heterocycles. The quantitative estimate of drug-likeness (QED) is 0.774. The minimum absolute atomic E-state index is 0.172. The number of benzene rings is 1. The van der Waals surface area contributed by atoms with Crippen molar-refractivity contribution in [2.45, 2.75) is 6.92 Å². The van der Waals surface area contributed by atoms with Gasteiger partial charge in [-0.15, -0.1) is 0 Å². The molecule has 0 fully saturated rings. The summed E-state index contributed by atoms with van der Waals surface area (Å²) in [6, 6.07) is 9.22. The Kier molecular flexibility index (Phi) is 2.95. The molecule has 0 saturated carbocycles. The van der Waals surface area contributed by atoms with Crippen molar-refractivity contribution in [3.63, 3.8) is 0 Å². The van der Waals surface area contributed by atoms with Gasteiger partial charge in [-0.2, -0.15) is 0 Å². The molecule has 2 N–H and O–H groups in total. The number of halogens is 1. The van der Waals surface area contributed by atoms with Gasteiger partial charge in [-0.05, 0) is 24.1 Å². The maximum absolute atomic E-state index is 13.9. The molecule has 0 atom stereocenters. The molecule has 20 heavy (non-hydrogen) atoms. The van der Waals surface area contributed by atoms with Crippen molar-refractivity contribution in [3.8, 4) is 22.4 Å². The summed E-state index contributed by atoms with van der Waals surface area (Å²) in [5, 5.41) is 3.90. The lowest BCUT2D eigenvalue weighted by Crippen LogP contribution is -1.92. The fraction of sp³-hybridized carbons (Fsp3) is 0.0667. The van der Waals surface area contributed by atoms with Crippen molar-refractivity contribution in [1.82, 2.24) is 10.1 Å². The van der Waals surface area contributed by atoms with E-state index in [9.17, 15) is 4.39 Å². The topological polar surface area (TPSA) is 64.9 Å². The standard InChI is InChI=1S/C15H12FN3O/c1-9-4-2-3-5-10(9)13-14(19-20-15(13)17)11-6-7-18-8-12(11)16/h2-8H,17H2,1H3. The Morgan fingerprint density at radius 1 is 1.15 bits per heavy atom. The van der Waals surface area contributed by atoms with Gasteiger partial charge >= 0.3 is 0 Å². The van der Waals surface area contributed by atoms with Gasteiger partial charge in [-0.25, -0.2) is 4.39 Å². The van der Waals surface area contributed by atoms with E-state index in [0.717, 1.165) is 17.3 Å². The summed E-state index contributed by atoms with van der Waals surface area (Å²) in [7, 11) is 0. The van der Waals surface area contributed by atoms with Crippen molar-refractivity contribution in [2.24, 2.45) is 0 Å². The Balaban J connectivity index is 2.26. The predicted molar refractivity (Wildman–Crippen MR) is 74.3 cm³/mol. The third kappa shape index (κ3) is 1.93. The van der Waals surface area contributed by atoms with Gasteiger partial charge in [0.05, 0.1) is 11.8 Å². The fourth-order valence-corrected chi connectivity index (χ4v) is 2.17. The molecule has 0 aliphatic carbocycles. The first-order valence-corrected chi connectivity index (χ1v) is 6.09. The second-order valence-corrected chi connectivity index (χ2v) is 4.44. The maximum atomic E-state index is 13.9. The highest BCUT2D eigenvalue weighted by molar-refractivity contribution is 5.88. The van der Waals surface area contributed by atoms with Crippen molar-refractivity contribution < 1.29 is 8.91 Å². The highest BCUT2D eigenvalue weighted by Gasteiger charge is 2.20. The zero-order chi connectivity index (χ0) is 14.1. The van der Waals surface area contributed by atoms with Gasteiger partial charge in [-0.1, -0.05) is 29.4 Å². The molecule has 2 heterocycles. The van der Waals surface area contributed by atoms with Gasteiger partial charge in [0.1, 0.15) is 5.69 Å². The van der Waals surface area contributed by atoms with E-state index in [4.69, 9.17) is 10.3 Å². The molecule has 0 aliphatic heterocycles. The zero-order valence-electron chi connectivity index (χ0n) is 10.8. The van der Waals surface area contributed by atoms with Crippen LogP contribution >= 0.6 is 0 Å². The van der Waals surface area contributed by atoms with Crippen LogP contribution < -0.4 is 5.73 Å². The molecule has 1 aromatic carbocycles. The first-order chi connectivity index (χ1) is 9.68. The van der Waals surface area contributed by atoms with Crippen molar-refractivity contribution in [2.75, 3.05) is 5.73 Å². The number of hydrogen-bond donors (Lipinski definition) is 1. The van der Waals surface area contributed by atoms with Crippen molar-refractivity contribution in [3.05, 3.63) is 54.1 Å². The molecule has 3 rings (SSSR count). The Morgan fingerprint density at radius 2 is 1.95 bits per heavy atom. The van der Waals surface area contributed by atoms with E-state index in [0.29, 0.717) is 16.8 Å². The third-order valence-electron chi connectivity index (χ3n) is 3.16. The number of anilines is 1. The highest BCUT2D eigenvalue weighted by Crippen LogP contribution is 2.38. The lowest BCUT2D eigenvalue weighted by Gasteiger charge is -2.06. The Labute approximate surface area is 115 Å². The Morgan fingerprint density at radius 3 is 2.70 bits per heavy atom. The van der Waals surface area contributed by atoms with Crippen LogP contribution in [0.3, 0.4) is 0 Å². The number of rotatable bonds is 2. The Hall–Kier alpha value is -2.69. The van der Waals surface area contributed by atoms with E-state index >= 15 is 0 Å². The SMILES string of the molecule is Cc1ccccc1-c1c(-c2ccncc2F)noc1N. The molecule has 0 amide bonds. The summed E-state index contributed by atoms with van der Waals surface area (Å²) in [6.45, 7) is 1.95. The van der Waals surface area contributed by atoms with Gasteiger partial charge in [0.25, 0.3) is 0 Å². The molecule has 0 saturated heterocycles. The summed E-state index contributed by atoms with van der Waals surface area (Å²) in [6.07, 6.45) is 2.65. The highest BCUT2D eigenvalue weighted by atomic mass is 19.1. The van der Waals surface area contributed by atoms with Crippen LogP contribution in [0.4, 0.5) is 10.3 Å². The fourth-order valence-electron chi connectivity index (χ4n) is 2.17. The minimum Gasteiger partial charge on any atom is -0.367 e. The smallest absolute Gasteiger partial charge is 0.230 e. The van der Waals surface area contributed by atoms with Gasteiger partial charge in [0.2, 0.25) is 5.88 Å². The van der Waals surface area contributed by atoms with Gasteiger partial charge in [0.15, 0.2) is 5.82 Å². The molecule has 0 bridgehead atoms. The number of nitrogens with zero attached hydrogens (tertiary/aromatic N) is 2. The van der Waals surface area contributed by atoms with Crippen LogP contribution in [0.1, 0.15) is 5.56 Å². The van der Waals surface area contributed by atoms with Gasteiger partial charge < -0.3 is 10.3 Å². The van der Waals surface area contributed by atoms with E-state index in [1.165, 1.54) is 6.20 Å². The number of nitrogen functional groups attached to an aromatic ring is 1. The van der Waals surface area contributed by atoms with Crippen LogP contribution in [0.2, 0.25) is 0 Å². The van der Waals surface area contributed by atoms with E-state index in [1.807, 2.05) is 31.2 Å². The monoisotopic (exact) mass is 269 g/mol. The van der Waals surface area contributed by atoms with E-state index in [2.05, 4.69) is 10.1 Å². The van der Waals surface area contributed by atoms with Crippen LogP contribution in [0.5, 0.6) is 0 Å². The molecular weight excluding hydrogens is 257 g/mol. The summed E-state index contributed by atoms with van der Waals surface area (Å²) in [4.78, 5) is 3.73. The van der Waals surface area contributed by atoms with E-state index < -0.39 is 5.82 Å². The van der Waals surface area contributed by atoms with E-state index in [1.54, 1.807) is 6.07 Å². The summed E-state index contributed by atoms with van der Waals surface area (Å²) < 4.78 is 19.0. The minimum atomic E-state index is -0.462. The molecule has 100 valence electrons. The van der Waals surface area contributed by atoms with Crippen molar-refractivity contribution in [1.29, 1.82) is 0 Å². The third-order valence-corrected chi connectivity index (χ3v) is 3.16. The van der Waals surface area contributed by atoms with Crippen LogP contribution in [-0.2, 0) is 0 Å². The maximum Gasteiger partial charge on any atom is 0.230 e. The zero-order valence-corrected chi connectivity index (χ0v) is 10.8. The lowest BCUT2D eigenvalue weighted by molar-refractivity contribution is 0.439. The van der Waals surface area contributed by atoms with Crippen LogP contribution in [0.25, 0.3) is 22.4 Å². The molecular formula is C15H12FN3O. The first kappa shape index (κ1) is 12.3. The predicted octanol–water partition coefficient (Wildman–Crippen LogP) is 3.43. The second kappa shape index (κ2) is 4.77. The Bertz CT molecular complexity index is 767. The van der Waals surface area contributed by atoms with Crippen LogP contribution in [0, 0.1) is 12.7 Å². The molecule has 4 nitrogen and oxygen atoms in total. The molecule has 0 aliphatic rings. The van der Waals surface area contributed by atoms with Crippen molar-refractivity contribution >= 4 is 5.88 Å². The molecule has 0 spiro atoms. The number of aryl methyl sites for hydroxylation is 1. The van der Waals surface area contributed by atoms with Crippen LogP contribution in [0.15, 0.2) is 47.2 Å².